The van der Waals surface area contributed by atoms with Gasteiger partial charge in [-0.05, 0) is 0 Å². The van der Waals surface area contributed by atoms with E-state index in [0.717, 1.165) is 0 Å². The Balaban J connectivity index is 2.71. The first-order valence-electron chi connectivity index (χ1n) is 3.55. The van der Waals surface area contributed by atoms with Crippen molar-refractivity contribution in [2.24, 2.45) is 0 Å². The fraction of sp³-hybridized carbons (Fsp3) is 0.143. The number of carbonyl (C=O) groups is 1. The quantitative estimate of drug-likeness (QED) is 0.603. The van der Waals surface area contributed by atoms with Gasteiger partial charge < -0.3 is 4.74 Å². The predicted molar refractivity (Wildman–Crippen MR) is 42.7 cm³/mol. The highest BCUT2D eigenvalue weighted by Gasteiger charge is 2.04. The van der Waals surface area contributed by atoms with Crippen molar-refractivity contribution in [1.29, 1.82) is 0 Å². The summed E-state index contributed by atoms with van der Waals surface area (Å²) in [7, 11) is 1.46. The van der Waals surface area contributed by atoms with Crippen LogP contribution < -0.4 is 4.74 Å². The van der Waals surface area contributed by atoms with Crippen LogP contribution in [0.4, 0.5) is 0 Å². The summed E-state index contributed by atoms with van der Waals surface area (Å²) in [6.07, 6.45) is 3.59. The highest BCUT2D eigenvalue weighted by Crippen LogP contribution is 2.04. The van der Waals surface area contributed by atoms with Gasteiger partial charge in [0.15, 0.2) is 11.9 Å². The van der Waals surface area contributed by atoms with Crippen LogP contribution in [0, 0.1) is 0 Å². The molecule has 0 N–H and O–H groups in total. The number of aldehydes is 1. The predicted octanol–water partition coefficient (Wildman–Crippen LogP) is -0.0546. The zero-order valence-corrected chi connectivity index (χ0v) is 6.84. The standard InChI is InChI=1S/C7H6N4O2/c1-13-7-9-3-6-8-2-5(4-12)11(6)10-7/h2-4H,1H3. The van der Waals surface area contributed by atoms with Crippen molar-refractivity contribution in [2.75, 3.05) is 7.11 Å². The summed E-state index contributed by atoms with van der Waals surface area (Å²) < 4.78 is 6.18. The lowest BCUT2D eigenvalue weighted by Gasteiger charge is -1.97. The molecule has 0 spiro atoms. The summed E-state index contributed by atoms with van der Waals surface area (Å²) in [5.41, 5.74) is 0.888. The van der Waals surface area contributed by atoms with Crippen molar-refractivity contribution in [3.63, 3.8) is 0 Å². The molecule has 0 radical (unpaired) electrons. The summed E-state index contributed by atoms with van der Waals surface area (Å²) >= 11 is 0. The number of hydrogen-bond donors (Lipinski definition) is 0. The second-order valence-corrected chi connectivity index (χ2v) is 2.32. The molecule has 0 aliphatic carbocycles. The molecule has 2 aromatic rings. The van der Waals surface area contributed by atoms with Gasteiger partial charge in [0.2, 0.25) is 0 Å². The van der Waals surface area contributed by atoms with Crippen LogP contribution in [0.1, 0.15) is 10.5 Å². The summed E-state index contributed by atoms with van der Waals surface area (Å²) in [5, 5.41) is 3.91. The lowest BCUT2D eigenvalue weighted by molar-refractivity contribution is 0.111. The number of aromatic nitrogens is 4. The Morgan fingerprint density at radius 2 is 2.31 bits per heavy atom. The summed E-state index contributed by atoms with van der Waals surface area (Å²) in [4.78, 5) is 18.3. The lowest BCUT2D eigenvalue weighted by Crippen LogP contribution is -2.00. The smallest absolute Gasteiger partial charge is 0.334 e. The minimum atomic E-state index is 0.202. The van der Waals surface area contributed by atoms with Gasteiger partial charge in [-0.2, -0.15) is 4.98 Å². The van der Waals surface area contributed by atoms with E-state index < -0.39 is 0 Å². The second-order valence-electron chi connectivity index (χ2n) is 2.32. The Hall–Kier alpha value is -1.98. The zero-order valence-electron chi connectivity index (χ0n) is 6.84. The Bertz CT molecular complexity index is 451. The average molecular weight is 178 g/mol. The van der Waals surface area contributed by atoms with E-state index in [-0.39, 0.29) is 6.01 Å². The molecular weight excluding hydrogens is 172 g/mol. The molecule has 0 aliphatic rings. The topological polar surface area (TPSA) is 69.4 Å². The fourth-order valence-electron chi connectivity index (χ4n) is 0.969. The molecule has 6 nitrogen and oxygen atoms in total. The highest BCUT2D eigenvalue weighted by molar-refractivity contribution is 5.73. The van der Waals surface area contributed by atoms with Crippen molar-refractivity contribution in [3.8, 4) is 6.01 Å². The molecular formula is C7H6N4O2. The zero-order chi connectivity index (χ0) is 9.26. The van der Waals surface area contributed by atoms with Crippen LogP contribution in [0.15, 0.2) is 12.4 Å². The van der Waals surface area contributed by atoms with Crippen LogP contribution in [-0.2, 0) is 0 Å². The molecule has 0 fully saturated rings. The maximum absolute atomic E-state index is 10.5. The van der Waals surface area contributed by atoms with Gasteiger partial charge in [0, 0.05) is 0 Å². The van der Waals surface area contributed by atoms with Gasteiger partial charge in [-0.25, -0.2) is 9.50 Å². The van der Waals surface area contributed by atoms with E-state index in [1.54, 1.807) is 0 Å². The van der Waals surface area contributed by atoms with Crippen LogP contribution in [-0.4, -0.2) is 33.0 Å². The Kier molecular flexibility index (Phi) is 1.66. The third-order valence-electron chi connectivity index (χ3n) is 1.57. The normalized spacial score (nSPS) is 10.2. The number of carbonyl (C=O) groups excluding carboxylic acids is 1. The lowest BCUT2D eigenvalue weighted by atomic mass is 10.5. The van der Waals surface area contributed by atoms with Gasteiger partial charge in [-0.3, -0.25) is 4.79 Å². The molecule has 2 aromatic heterocycles. The Morgan fingerprint density at radius 1 is 1.46 bits per heavy atom. The van der Waals surface area contributed by atoms with Crippen LogP contribution in [0.2, 0.25) is 0 Å². The SMILES string of the molecule is COc1ncc2ncc(C=O)n2n1. The molecule has 2 heterocycles. The van der Waals surface area contributed by atoms with E-state index in [1.807, 2.05) is 0 Å². The van der Waals surface area contributed by atoms with Crippen LogP contribution in [0.5, 0.6) is 6.01 Å². The van der Waals surface area contributed by atoms with E-state index >= 15 is 0 Å². The number of nitrogens with zero attached hydrogens (tertiary/aromatic N) is 4. The first-order chi connectivity index (χ1) is 6.35. The molecule has 0 amide bonds. The number of hydrogen-bond acceptors (Lipinski definition) is 5. The maximum Gasteiger partial charge on any atom is 0.334 e. The van der Waals surface area contributed by atoms with Crippen molar-refractivity contribution in [2.45, 2.75) is 0 Å². The van der Waals surface area contributed by atoms with Gasteiger partial charge in [0.25, 0.3) is 0 Å². The minimum absolute atomic E-state index is 0.202. The van der Waals surface area contributed by atoms with Crippen molar-refractivity contribution in [3.05, 3.63) is 18.1 Å². The number of fused-ring (bicyclic) bond motifs is 1. The van der Waals surface area contributed by atoms with Crippen LogP contribution >= 0.6 is 0 Å². The summed E-state index contributed by atoms with van der Waals surface area (Å²) in [6, 6.07) is 0.202. The van der Waals surface area contributed by atoms with Gasteiger partial charge in [0.1, 0.15) is 5.69 Å². The van der Waals surface area contributed by atoms with Gasteiger partial charge in [-0.1, -0.05) is 0 Å². The Labute approximate surface area is 73.2 Å². The fourth-order valence-corrected chi connectivity index (χ4v) is 0.969. The van der Waals surface area contributed by atoms with E-state index in [0.29, 0.717) is 17.6 Å². The van der Waals surface area contributed by atoms with Crippen molar-refractivity contribution >= 4 is 11.9 Å². The molecule has 13 heavy (non-hydrogen) atoms. The largest absolute Gasteiger partial charge is 0.466 e. The molecule has 0 bridgehead atoms. The highest BCUT2D eigenvalue weighted by atomic mass is 16.5. The third-order valence-corrected chi connectivity index (χ3v) is 1.57. The number of methoxy groups -OCH3 is 1. The van der Waals surface area contributed by atoms with Gasteiger partial charge in [-0.15, -0.1) is 5.10 Å². The molecule has 0 aliphatic heterocycles. The average Bonchev–Trinajstić information content (AvgIpc) is 2.59. The maximum atomic E-state index is 10.5. The molecule has 66 valence electrons. The third kappa shape index (κ3) is 1.12. The minimum Gasteiger partial charge on any atom is -0.466 e. The monoisotopic (exact) mass is 178 g/mol. The van der Waals surface area contributed by atoms with Crippen molar-refractivity contribution in [1.82, 2.24) is 19.6 Å². The molecule has 0 unspecified atom stereocenters. The first-order valence-corrected chi connectivity index (χ1v) is 3.55. The second kappa shape index (κ2) is 2.81. The van der Waals surface area contributed by atoms with Crippen molar-refractivity contribution < 1.29 is 9.53 Å². The molecule has 0 aromatic carbocycles. The van der Waals surface area contributed by atoms with E-state index in [9.17, 15) is 4.79 Å². The van der Waals surface area contributed by atoms with Gasteiger partial charge in [0.05, 0.1) is 19.5 Å². The summed E-state index contributed by atoms with van der Waals surface area (Å²) in [6.45, 7) is 0. The van der Waals surface area contributed by atoms with Crippen LogP contribution in [0.3, 0.4) is 0 Å². The first kappa shape index (κ1) is 7.66. The van der Waals surface area contributed by atoms with E-state index in [2.05, 4.69) is 15.1 Å². The summed E-state index contributed by atoms with van der Waals surface area (Å²) in [5.74, 6) is 0. The molecule has 2 rings (SSSR count). The molecule has 0 saturated carbocycles. The Morgan fingerprint density at radius 3 is 3.00 bits per heavy atom. The molecule has 0 atom stereocenters. The van der Waals surface area contributed by atoms with Crippen LogP contribution in [0.25, 0.3) is 5.65 Å². The molecule has 0 saturated heterocycles. The number of imidazole rings is 1. The van der Waals surface area contributed by atoms with E-state index in [1.165, 1.54) is 24.0 Å². The molecule has 6 heteroatoms. The van der Waals surface area contributed by atoms with E-state index in [4.69, 9.17) is 4.74 Å². The van der Waals surface area contributed by atoms with Gasteiger partial charge >= 0.3 is 6.01 Å². The number of ether oxygens (including phenoxy) is 1. The number of rotatable bonds is 2.